The van der Waals surface area contributed by atoms with E-state index in [1.165, 1.54) is 0 Å². The van der Waals surface area contributed by atoms with Gasteiger partial charge < -0.3 is 0 Å². The van der Waals surface area contributed by atoms with Crippen molar-refractivity contribution in [1.29, 1.82) is 5.26 Å². The van der Waals surface area contributed by atoms with Crippen molar-refractivity contribution in [2.45, 2.75) is 6.42 Å². The highest BCUT2D eigenvalue weighted by molar-refractivity contribution is 6.12. The van der Waals surface area contributed by atoms with Crippen LogP contribution in [0.15, 0.2) is 48.1 Å². The highest BCUT2D eigenvalue weighted by Crippen LogP contribution is 2.17. The minimum Gasteiger partial charge on any atom is -0.289 e. The third-order valence-electron chi connectivity index (χ3n) is 2.44. The Morgan fingerprint density at radius 2 is 2.12 bits per heavy atom. The van der Waals surface area contributed by atoms with Crippen LogP contribution < -0.4 is 0 Å². The second kappa shape index (κ2) is 4.59. The zero-order chi connectivity index (χ0) is 11.4. The monoisotopic (exact) mass is 208 g/mol. The maximum Gasteiger partial charge on any atom is 0.194 e. The lowest BCUT2D eigenvalue weighted by atomic mass is 9.95. The average molecular weight is 208 g/mol. The van der Waals surface area contributed by atoms with Gasteiger partial charge in [-0.1, -0.05) is 30.4 Å². The number of rotatable bonds is 2. The van der Waals surface area contributed by atoms with Crippen LogP contribution in [0.3, 0.4) is 0 Å². The third-order valence-corrected chi connectivity index (χ3v) is 2.44. The summed E-state index contributed by atoms with van der Waals surface area (Å²) in [5, 5.41) is 8.92. The number of nitrogens with zero attached hydrogens (tertiary/aromatic N) is 1. The predicted octanol–water partition coefficient (Wildman–Crippen LogP) is 2.83. The number of carbonyl (C=O) groups excluding carboxylic acids is 1. The van der Waals surface area contributed by atoms with Crippen LogP contribution in [0, 0.1) is 17.8 Å². The van der Waals surface area contributed by atoms with Crippen LogP contribution >= 0.6 is 0 Å². The van der Waals surface area contributed by atoms with Crippen molar-refractivity contribution < 1.29 is 4.79 Å². The Hall–Kier alpha value is -2.14. The molecule has 16 heavy (non-hydrogen) atoms. The van der Waals surface area contributed by atoms with Crippen molar-refractivity contribution in [2.75, 3.05) is 0 Å². The minimum absolute atomic E-state index is 0.0819. The smallest absolute Gasteiger partial charge is 0.194 e. The van der Waals surface area contributed by atoms with E-state index in [0.29, 0.717) is 16.7 Å². The molecule has 1 aliphatic rings. The van der Waals surface area contributed by atoms with Gasteiger partial charge in [-0.25, -0.2) is 0 Å². The molecule has 0 N–H and O–H groups in total. The molecule has 0 bridgehead atoms. The highest BCUT2D eigenvalue weighted by atomic mass is 16.1. The Morgan fingerprint density at radius 3 is 2.81 bits per heavy atom. The summed E-state index contributed by atoms with van der Waals surface area (Å²) in [5.41, 5.74) is 1.56. The SMILES string of the molecule is N#Cc1ccccc1C(=O)C1=CC[CH]C=C1. The molecule has 0 amide bonds. The van der Waals surface area contributed by atoms with Crippen LogP contribution in [0.4, 0.5) is 0 Å². The number of benzene rings is 1. The van der Waals surface area contributed by atoms with Crippen molar-refractivity contribution in [3.8, 4) is 6.07 Å². The number of hydrogen-bond donors (Lipinski definition) is 0. The number of allylic oxidation sites excluding steroid dienone is 4. The van der Waals surface area contributed by atoms with Gasteiger partial charge in [-0.2, -0.15) is 5.26 Å². The highest BCUT2D eigenvalue weighted by Gasteiger charge is 2.14. The van der Waals surface area contributed by atoms with Gasteiger partial charge in [0.15, 0.2) is 5.78 Å². The quantitative estimate of drug-likeness (QED) is 0.701. The molecule has 0 spiro atoms. The molecule has 2 heteroatoms. The summed E-state index contributed by atoms with van der Waals surface area (Å²) >= 11 is 0. The molecule has 0 saturated carbocycles. The van der Waals surface area contributed by atoms with Gasteiger partial charge in [-0.15, -0.1) is 0 Å². The van der Waals surface area contributed by atoms with Crippen LogP contribution in [-0.2, 0) is 0 Å². The predicted molar refractivity (Wildman–Crippen MR) is 61.6 cm³/mol. The number of Topliss-reactive ketones (excluding diaryl/α,β-unsaturated/α-hetero) is 1. The largest absolute Gasteiger partial charge is 0.289 e. The van der Waals surface area contributed by atoms with Crippen molar-refractivity contribution >= 4 is 5.78 Å². The van der Waals surface area contributed by atoms with Crippen LogP contribution in [0.1, 0.15) is 22.3 Å². The summed E-state index contributed by atoms with van der Waals surface area (Å²) in [6.07, 6.45) is 8.26. The van der Waals surface area contributed by atoms with Crippen molar-refractivity contribution in [2.24, 2.45) is 0 Å². The maximum absolute atomic E-state index is 12.1. The Bertz CT molecular complexity index is 518. The summed E-state index contributed by atoms with van der Waals surface area (Å²) in [5.74, 6) is -0.0819. The van der Waals surface area contributed by atoms with Gasteiger partial charge in [-0.3, -0.25) is 4.79 Å². The second-order valence-corrected chi connectivity index (χ2v) is 3.48. The zero-order valence-electron chi connectivity index (χ0n) is 8.68. The fourth-order valence-corrected chi connectivity index (χ4v) is 1.62. The molecule has 0 fully saturated rings. The van der Waals surface area contributed by atoms with Gasteiger partial charge in [0.25, 0.3) is 0 Å². The summed E-state index contributed by atoms with van der Waals surface area (Å²) in [6.45, 7) is 0. The molecule has 0 unspecified atom stereocenters. The van der Waals surface area contributed by atoms with E-state index in [0.717, 1.165) is 6.42 Å². The molecule has 1 aromatic rings. The van der Waals surface area contributed by atoms with Crippen LogP contribution in [0.5, 0.6) is 0 Å². The molecule has 0 aliphatic heterocycles. The van der Waals surface area contributed by atoms with E-state index in [-0.39, 0.29) is 5.78 Å². The van der Waals surface area contributed by atoms with Gasteiger partial charge in [0.05, 0.1) is 11.6 Å². The lowest BCUT2D eigenvalue weighted by Crippen LogP contribution is -2.05. The summed E-state index contributed by atoms with van der Waals surface area (Å²) in [7, 11) is 0. The minimum atomic E-state index is -0.0819. The van der Waals surface area contributed by atoms with Gasteiger partial charge in [-0.05, 0) is 25.0 Å². The van der Waals surface area contributed by atoms with Crippen molar-refractivity contribution in [1.82, 2.24) is 0 Å². The van der Waals surface area contributed by atoms with Gasteiger partial charge in [0.1, 0.15) is 0 Å². The number of nitriles is 1. The van der Waals surface area contributed by atoms with Gasteiger partial charge in [0, 0.05) is 11.1 Å². The number of hydrogen-bond acceptors (Lipinski definition) is 2. The normalized spacial score (nSPS) is 14.1. The lowest BCUT2D eigenvalue weighted by Gasteiger charge is -2.06. The summed E-state index contributed by atoms with van der Waals surface area (Å²) < 4.78 is 0. The van der Waals surface area contributed by atoms with Crippen molar-refractivity contribution in [3.63, 3.8) is 0 Å². The van der Waals surface area contributed by atoms with Crippen LogP contribution in [-0.4, -0.2) is 5.78 Å². The lowest BCUT2D eigenvalue weighted by molar-refractivity contribution is 0.103. The van der Waals surface area contributed by atoms with Crippen molar-refractivity contribution in [3.05, 3.63) is 65.6 Å². The first-order chi connectivity index (χ1) is 7.83. The molecule has 2 rings (SSSR count). The Balaban J connectivity index is 2.38. The van der Waals surface area contributed by atoms with Gasteiger partial charge >= 0.3 is 0 Å². The first kappa shape index (κ1) is 10.4. The standard InChI is InChI=1S/C14H10NO/c15-10-12-8-4-5-9-13(12)14(16)11-6-2-1-3-7-11/h1-2,4-9H,3H2. The first-order valence-electron chi connectivity index (χ1n) is 5.07. The van der Waals surface area contributed by atoms with E-state index < -0.39 is 0 Å². The van der Waals surface area contributed by atoms with E-state index in [1.54, 1.807) is 30.3 Å². The van der Waals surface area contributed by atoms with Crippen LogP contribution in [0.2, 0.25) is 0 Å². The molecular formula is C14H10NO. The van der Waals surface area contributed by atoms with E-state index in [1.807, 2.05) is 24.6 Å². The summed E-state index contributed by atoms with van der Waals surface area (Å²) in [4.78, 5) is 12.1. The van der Waals surface area contributed by atoms with E-state index in [9.17, 15) is 4.79 Å². The second-order valence-electron chi connectivity index (χ2n) is 3.48. The molecule has 1 aromatic carbocycles. The molecule has 0 aromatic heterocycles. The fourth-order valence-electron chi connectivity index (χ4n) is 1.62. The molecule has 2 nitrogen and oxygen atoms in total. The Morgan fingerprint density at radius 1 is 1.31 bits per heavy atom. The van der Waals surface area contributed by atoms with E-state index in [2.05, 4.69) is 0 Å². The summed E-state index contributed by atoms with van der Waals surface area (Å²) in [6, 6.07) is 8.91. The maximum atomic E-state index is 12.1. The number of carbonyl (C=O) groups is 1. The zero-order valence-corrected chi connectivity index (χ0v) is 8.68. The van der Waals surface area contributed by atoms with E-state index >= 15 is 0 Å². The third kappa shape index (κ3) is 1.94. The first-order valence-corrected chi connectivity index (χ1v) is 5.07. The fraction of sp³-hybridized carbons (Fsp3) is 0.0714. The molecule has 1 radical (unpaired) electrons. The molecule has 0 heterocycles. The van der Waals surface area contributed by atoms with E-state index in [4.69, 9.17) is 5.26 Å². The van der Waals surface area contributed by atoms with Crippen LogP contribution in [0.25, 0.3) is 0 Å². The number of ketones is 1. The average Bonchev–Trinajstić information content (AvgIpc) is 2.39. The topological polar surface area (TPSA) is 40.9 Å². The molecule has 77 valence electrons. The molecule has 1 aliphatic carbocycles. The molecule has 0 saturated heterocycles. The molecule has 0 atom stereocenters. The Kier molecular flexibility index (Phi) is 2.98. The Labute approximate surface area is 94.5 Å². The van der Waals surface area contributed by atoms with Gasteiger partial charge in [0.2, 0.25) is 0 Å². The molecular weight excluding hydrogens is 198 g/mol.